The van der Waals surface area contributed by atoms with Gasteiger partial charge in [0, 0.05) is 11.7 Å². The standard InChI is InChI=1S/C9H16ClNO/c1-6-11(8(10)12)9(4,5)7(2)3/h6-7H,1H2,2-5H3. The first-order valence-corrected chi connectivity index (χ1v) is 4.33. The van der Waals surface area contributed by atoms with Crippen molar-refractivity contribution in [1.29, 1.82) is 0 Å². The van der Waals surface area contributed by atoms with Gasteiger partial charge >= 0.3 is 5.37 Å². The van der Waals surface area contributed by atoms with Gasteiger partial charge in [0.25, 0.3) is 0 Å². The van der Waals surface area contributed by atoms with Crippen LogP contribution in [0.4, 0.5) is 4.79 Å². The van der Waals surface area contributed by atoms with Gasteiger partial charge in [-0.05, 0) is 31.4 Å². The Balaban J connectivity index is 4.71. The maximum atomic E-state index is 10.9. The lowest BCUT2D eigenvalue weighted by atomic mass is 9.89. The average Bonchev–Trinajstić information content (AvgIpc) is 1.86. The van der Waals surface area contributed by atoms with Gasteiger partial charge in [-0.1, -0.05) is 20.4 Å². The summed E-state index contributed by atoms with van der Waals surface area (Å²) < 4.78 is 0. The molecule has 0 radical (unpaired) electrons. The number of hydrogen-bond acceptors (Lipinski definition) is 1. The smallest absolute Gasteiger partial charge is 0.300 e. The topological polar surface area (TPSA) is 20.3 Å². The van der Waals surface area contributed by atoms with Gasteiger partial charge in [0.15, 0.2) is 0 Å². The molecule has 0 aliphatic carbocycles. The number of nitrogens with zero attached hydrogens (tertiary/aromatic N) is 1. The Bertz CT molecular complexity index is 187. The van der Waals surface area contributed by atoms with Crippen LogP contribution in [0.15, 0.2) is 12.8 Å². The van der Waals surface area contributed by atoms with Gasteiger partial charge in [-0.2, -0.15) is 0 Å². The molecule has 0 saturated heterocycles. The third kappa shape index (κ3) is 2.24. The number of halogens is 1. The number of hydrogen-bond donors (Lipinski definition) is 0. The van der Waals surface area contributed by atoms with Crippen molar-refractivity contribution in [1.82, 2.24) is 4.90 Å². The number of amides is 1. The molecule has 0 aliphatic heterocycles. The molecule has 0 heterocycles. The van der Waals surface area contributed by atoms with Crippen molar-refractivity contribution in [2.75, 3.05) is 0 Å². The predicted molar refractivity (Wildman–Crippen MR) is 52.2 cm³/mol. The van der Waals surface area contributed by atoms with Gasteiger partial charge in [0.1, 0.15) is 0 Å². The molecule has 0 unspecified atom stereocenters. The van der Waals surface area contributed by atoms with Crippen LogP contribution in [-0.4, -0.2) is 15.8 Å². The lowest BCUT2D eigenvalue weighted by Gasteiger charge is -2.37. The first kappa shape index (κ1) is 11.5. The molecule has 0 spiro atoms. The van der Waals surface area contributed by atoms with E-state index >= 15 is 0 Å². The molecule has 0 aromatic rings. The molecular weight excluding hydrogens is 174 g/mol. The molecule has 3 heteroatoms. The highest BCUT2D eigenvalue weighted by molar-refractivity contribution is 6.63. The molecule has 0 bridgehead atoms. The van der Waals surface area contributed by atoms with Crippen LogP contribution >= 0.6 is 11.6 Å². The van der Waals surface area contributed by atoms with Gasteiger partial charge in [0.2, 0.25) is 0 Å². The molecule has 0 aromatic carbocycles. The van der Waals surface area contributed by atoms with E-state index in [0.717, 1.165) is 0 Å². The van der Waals surface area contributed by atoms with Crippen molar-refractivity contribution in [3.8, 4) is 0 Å². The maximum Gasteiger partial charge on any atom is 0.320 e. The quantitative estimate of drug-likeness (QED) is 0.493. The number of carbonyl (C=O) groups excluding carboxylic acids is 1. The van der Waals surface area contributed by atoms with Crippen molar-refractivity contribution in [3.05, 3.63) is 12.8 Å². The van der Waals surface area contributed by atoms with Crippen LogP contribution in [0.3, 0.4) is 0 Å². The normalized spacial score (nSPS) is 11.5. The van der Waals surface area contributed by atoms with Crippen LogP contribution in [0.1, 0.15) is 27.7 Å². The largest absolute Gasteiger partial charge is 0.320 e. The first-order chi connectivity index (χ1) is 5.34. The Morgan fingerprint density at radius 1 is 1.58 bits per heavy atom. The van der Waals surface area contributed by atoms with E-state index in [2.05, 4.69) is 6.58 Å². The summed E-state index contributed by atoms with van der Waals surface area (Å²) in [6.45, 7) is 11.5. The van der Waals surface area contributed by atoms with E-state index in [9.17, 15) is 4.79 Å². The van der Waals surface area contributed by atoms with E-state index in [0.29, 0.717) is 5.92 Å². The molecule has 2 nitrogen and oxygen atoms in total. The number of carbonyl (C=O) groups is 1. The Labute approximate surface area is 79.2 Å². The lowest BCUT2D eigenvalue weighted by Crippen LogP contribution is -2.45. The molecule has 1 amide bonds. The van der Waals surface area contributed by atoms with Gasteiger partial charge in [-0.3, -0.25) is 4.79 Å². The fraction of sp³-hybridized carbons (Fsp3) is 0.667. The van der Waals surface area contributed by atoms with Crippen molar-refractivity contribution in [3.63, 3.8) is 0 Å². The molecule has 12 heavy (non-hydrogen) atoms. The second-order valence-electron chi connectivity index (χ2n) is 3.61. The molecule has 0 saturated carbocycles. The molecule has 70 valence electrons. The highest BCUT2D eigenvalue weighted by Crippen LogP contribution is 2.25. The van der Waals surface area contributed by atoms with Gasteiger partial charge in [-0.15, -0.1) is 0 Å². The maximum absolute atomic E-state index is 10.9. The third-order valence-electron chi connectivity index (χ3n) is 2.41. The summed E-state index contributed by atoms with van der Waals surface area (Å²) in [5.74, 6) is 0.332. The fourth-order valence-electron chi connectivity index (χ4n) is 0.812. The summed E-state index contributed by atoms with van der Waals surface area (Å²) in [5.41, 5.74) is -0.277. The van der Waals surface area contributed by atoms with Gasteiger partial charge < -0.3 is 4.90 Å². The Morgan fingerprint density at radius 2 is 2.00 bits per heavy atom. The molecule has 0 aliphatic rings. The van der Waals surface area contributed by atoms with Crippen LogP contribution in [0.5, 0.6) is 0 Å². The van der Waals surface area contributed by atoms with E-state index in [4.69, 9.17) is 11.6 Å². The highest BCUT2D eigenvalue weighted by atomic mass is 35.5. The fourth-order valence-corrected chi connectivity index (χ4v) is 1.10. The zero-order valence-corrected chi connectivity index (χ0v) is 8.85. The summed E-state index contributed by atoms with van der Waals surface area (Å²) in [7, 11) is 0. The minimum atomic E-state index is -0.483. The summed E-state index contributed by atoms with van der Waals surface area (Å²) in [4.78, 5) is 12.4. The molecule has 0 N–H and O–H groups in total. The van der Waals surface area contributed by atoms with E-state index < -0.39 is 5.37 Å². The van der Waals surface area contributed by atoms with Crippen LogP contribution in [-0.2, 0) is 0 Å². The third-order valence-corrected chi connectivity index (χ3v) is 2.59. The molecule has 0 fully saturated rings. The molecule has 0 rings (SSSR count). The van der Waals surface area contributed by atoms with Crippen LogP contribution < -0.4 is 0 Å². The highest BCUT2D eigenvalue weighted by Gasteiger charge is 2.31. The van der Waals surface area contributed by atoms with Gasteiger partial charge in [-0.25, -0.2) is 0 Å². The van der Waals surface area contributed by atoms with Crippen LogP contribution in [0, 0.1) is 5.92 Å². The predicted octanol–water partition coefficient (Wildman–Crippen LogP) is 3.23. The second kappa shape index (κ2) is 3.94. The average molecular weight is 190 g/mol. The van der Waals surface area contributed by atoms with E-state index in [-0.39, 0.29) is 5.54 Å². The summed E-state index contributed by atoms with van der Waals surface area (Å²) in [6.07, 6.45) is 1.47. The Morgan fingerprint density at radius 3 is 2.08 bits per heavy atom. The van der Waals surface area contributed by atoms with Crippen molar-refractivity contribution < 1.29 is 4.79 Å². The molecule has 0 aromatic heterocycles. The van der Waals surface area contributed by atoms with E-state index in [1.165, 1.54) is 11.1 Å². The van der Waals surface area contributed by atoms with E-state index in [1.807, 2.05) is 27.7 Å². The Kier molecular flexibility index (Phi) is 3.78. The zero-order valence-electron chi connectivity index (χ0n) is 8.10. The van der Waals surface area contributed by atoms with Crippen molar-refractivity contribution in [2.45, 2.75) is 33.2 Å². The monoisotopic (exact) mass is 189 g/mol. The van der Waals surface area contributed by atoms with Crippen molar-refractivity contribution in [2.24, 2.45) is 5.92 Å². The number of rotatable bonds is 3. The summed E-state index contributed by atoms with van der Waals surface area (Å²) >= 11 is 5.39. The molecule has 0 atom stereocenters. The summed E-state index contributed by atoms with van der Waals surface area (Å²) in [6, 6.07) is 0. The van der Waals surface area contributed by atoms with Crippen molar-refractivity contribution >= 4 is 17.0 Å². The second-order valence-corrected chi connectivity index (χ2v) is 3.94. The van der Waals surface area contributed by atoms with Crippen LogP contribution in [0.2, 0.25) is 0 Å². The SMILES string of the molecule is C=CN(C(=O)Cl)C(C)(C)C(C)C. The molecular formula is C9H16ClNO. The Hall–Kier alpha value is -0.500. The summed E-state index contributed by atoms with van der Waals surface area (Å²) in [5, 5.41) is -0.483. The minimum Gasteiger partial charge on any atom is -0.300 e. The minimum absolute atomic E-state index is 0.277. The van der Waals surface area contributed by atoms with E-state index in [1.54, 1.807) is 0 Å². The first-order valence-electron chi connectivity index (χ1n) is 3.95. The van der Waals surface area contributed by atoms with Gasteiger partial charge in [0.05, 0.1) is 0 Å². The van der Waals surface area contributed by atoms with Crippen LogP contribution in [0.25, 0.3) is 0 Å². The lowest BCUT2D eigenvalue weighted by molar-refractivity contribution is 0.157. The zero-order chi connectivity index (χ0) is 9.94.